The first kappa shape index (κ1) is 36.1. The second kappa shape index (κ2) is 15.5. The lowest BCUT2D eigenvalue weighted by Gasteiger charge is -2.37. The quantitative estimate of drug-likeness (QED) is 0.224. The summed E-state index contributed by atoms with van der Waals surface area (Å²) in [5, 5.41) is 15.9. The smallest absolute Gasteiger partial charge is 0.407 e. The molecule has 4 rings (SSSR count). The van der Waals surface area contributed by atoms with Gasteiger partial charge in [-0.2, -0.15) is 0 Å². The lowest BCUT2D eigenvalue weighted by molar-refractivity contribution is -0.160. The number of alkyl carbamates (subject to hydrolysis) is 1. The molecule has 3 amide bonds. The van der Waals surface area contributed by atoms with E-state index in [1.54, 1.807) is 65.0 Å². The van der Waals surface area contributed by atoms with Crippen molar-refractivity contribution < 1.29 is 33.8 Å². The van der Waals surface area contributed by atoms with Crippen LogP contribution in [-0.4, -0.2) is 70.8 Å². The minimum absolute atomic E-state index is 0.0633. The highest BCUT2D eigenvalue weighted by Gasteiger charge is 2.38. The molecule has 3 N–H and O–H groups in total. The van der Waals surface area contributed by atoms with Gasteiger partial charge in [-0.15, -0.1) is 0 Å². The van der Waals surface area contributed by atoms with E-state index < -0.39 is 60.3 Å². The van der Waals surface area contributed by atoms with Gasteiger partial charge in [0.25, 0.3) is 0 Å². The highest BCUT2D eigenvalue weighted by atomic mass is 16.6. The summed E-state index contributed by atoms with van der Waals surface area (Å²) in [5.74, 6) is -2.30. The molecule has 48 heavy (non-hydrogen) atoms. The average molecular weight is 658 g/mol. The van der Waals surface area contributed by atoms with Gasteiger partial charge in [-0.05, 0) is 68.4 Å². The van der Waals surface area contributed by atoms with Gasteiger partial charge in [-0.25, -0.2) is 9.59 Å². The van der Waals surface area contributed by atoms with Crippen LogP contribution in [0.1, 0.15) is 77.1 Å². The van der Waals surface area contributed by atoms with Gasteiger partial charge in [0.2, 0.25) is 11.8 Å². The van der Waals surface area contributed by atoms with Gasteiger partial charge in [-0.1, -0.05) is 92.7 Å². The summed E-state index contributed by atoms with van der Waals surface area (Å²) >= 11 is 0. The molecule has 1 unspecified atom stereocenters. The van der Waals surface area contributed by atoms with Crippen molar-refractivity contribution in [2.45, 2.75) is 84.2 Å². The van der Waals surface area contributed by atoms with Crippen LogP contribution in [0.2, 0.25) is 0 Å². The second-order valence-electron chi connectivity index (χ2n) is 13.5. The Morgan fingerprint density at radius 3 is 1.88 bits per heavy atom. The van der Waals surface area contributed by atoms with Crippen molar-refractivity contribution in [1.82, 2.24) is 15.5 Å². The second-order valence-corrected chi connectivity index (χ2v) is 13.5. The van der Waals surface area contributed by atoms with Gasteiger partial charge in [0.1, 0.15) is 30.3 Å². The first-order chi connectivity index (χ1) is 22.7. The van der Waals surface area contributed by atoms with E-state index in [0.29, 0.717) is 5.56 Å². The molecule has 3 aromatic carbocycles. The molecular formula is C38H47N3O7. The van der Waals surface area contributed by atoms with Crippen LogP contribution in [-0.2, 0) is 23.9 Å². The number of esters is 1. The Bertz CT molecular complexity index is 1560. The van der Waals surface area contributed by atoms with Crippen LogP contribution in [0.15, 0.2) is 78.9 Å². The predicted octanol–water partition coefficient (Wildman–Crippen LogP) is 5.35. The zero-order valence-electron chi connectivity index (χ0n) is 28.7. The van der Waals surface area contributed by atoms with E-state index in [4.69, 9.17) is 9.47 Å². The average Bonchev–Trinajstić information content (AvgIpc) is 3.37. The summed E-state index contributed by atoms with van der Waals surface area (Å²) in [4.78, 5) is 55.1. The Balaban J connectivity index is 1.51. The Kier molecular flexibility index (Phi) is 11.6. The fourth-order valence-electron chi connectivity index (χ4n) is 6.01. The molecule has 1 aliphatic rings. The summed E-state index contributed by atoms with van der Waals surface area (Å²) in [6, 6.07) is 20.6. The van der Waals surface area contributed by atoms with Crippen LogP contribution in [0.5, 0.6) is 0 Å². The number of nitrogens with one attached hydrogen (secondary N) is 2. The molecule has 0 aliphatic heterocycles. The summed E-state index contributed by atoms with van der Waals surface area (Å²) in [5.41, 5.74) is 4.13. The molecule has 4 atom stereocenters. The summed E-state index contributed by atoms with van der Waals surface area (Å²) in [7, 11) is 0. The Labute approximate surface area is 282 Å². The fraction of sp³-hybridized carbons (Fsp3) is 0.421. The van der Waals surface area contributed by atoms with Crippen molar-refractivity contribution in [3.63, 3.8) is 0 Å². The molecule has 0 fully saturated rings. The number of aliphatic hydroxyl groups is 1. The van der Waals surface area contributed by atoms with E-state index in [0.717, 1.165) is 22.3 Å². The molecule has 0 saturated heterocycles. The molecular weight excluding hydrogens is 610 g/mol. The predicted molar refractivity (Wildman–Crippen MR) is 183 cm³/mol. The summed E-state index contributed by atoms with van der Waals surface area (Å²) in [6.07, 6.45) is -0.792. The van der Waals surface area contributed by atoms with E-state index in [-0.39, 0.29) is 18.4 Å². The summed E-state index contributed by atoms with van der Waals surface area (Å²) in [6.45, 7) is 11.4. The number of aliphatic hydroxyl groups excluding tert-OH is 1. The van der Waals surface area contributed by atoms with E-state index >= 15 is 0 Å². The van der Waals surface area contributed by atoms with Crippen molar-refractivity contribution in [3.05, 3.63) is 95.6 Å². The molecule has 0 aromatic heterocycles. The Hall–Kier alpha value is -4.70. The normalized spacial score (nSPS) is 14.9. The van der Waals surface area contributed by atoms with Gasteiger partial charge < -0.3 is 30.1 Å². The van der Waals surface area contributed by atoms with Gasteiger partial charge in [0.05, 0.1) is 12.6 Å². The number of rotatable bonds is 12. The molecule has 10 nitrogen and oxygen atoms in total. The maximum atomic E-state index is 14.1. The molecule has 0 saturated carbocycles. The Morgan fingerprint density at radius 1 is 0.812 bits per heavy atom. The van der Waals surface area contributed by atoms with Crippen LogP contribution in [0.4, 0.5) is 4.79 Å². The highest BCUT2D eigenvalue weighted by Crippen LogP contribution is 2.44. The number of hydrogen-bond acceptors (Lipinski definition) is 7. The van der Waals surface area contributed by atoms with Gasteiger partial charge in [0.15, 0.2) is 0 Å². The topological polar surface area (TPSA) is 134 Å². The number of carbonyl (C=O) groups is 4. The monoisotopic (exact) mass is 657 g/mol. The maximum absolute atomic E-state index is 14.1. The maximum Gasteiger partial charge on any atom is 0.407 e. The first-order valence-electron chi connectivity index (χ1n) is 16.4. The van der Waals surface area contributed by atoms with Crippen LogP contribution in [0, 0.1) is 5.92 Å². The first-order valence-corrected chi connectivity index (χ1v) is 16.4. The molecule has 0 radical (unpaired) electrons. The van der Waals surface area contributed by atoms with Gasteiger partial charge in [0, 0.05) is 5.92 Å². The number of benzene rings is 3. The number of nitrogens with zero attached hydrogens (tertiary/aromatic N) is 1. The largest absolute Gasteiger partial charge is 0.458 e. The van der Waals surface area contributed by atoms with Crippen LogP contribution < -0.4 is 10.6 Å². The minimum atomic E-state index is -1.15. The number of carbonyl (C=O) groups excluding carboxylic acids is 4. The zero-order chi connectivity index (χ0) is 35.2. The standard InChI is InChI=1S/C38H47N3O7/c1-23(2)33(36(45)48-38(5,6)7)40-34(43)25(4)41(32(21-42)26-15-9-8-10-16-26)35(44)24(3)39-37(46)47-22-31-29-19-13-11-17-27(29)28-18-12-14-20-30(28)31/h8-20,23-25,31-33,42H,21-22H2,1-7H3,(H,39,46)(H,40,43)/t24?,25-,32+,33-/m0/s1. The van der Waals surface area contributed by atoms with Crippen molar-refractivity contribution in [2.75, 3.05) is 13.2 Å². The Morgan fingerprint density at radius 2 is 1.35 bits per heavy atom. The minimum Gasteiger partial charge on any atom is -0.458 e. The molecule has 3 aromatic rings. The van der Waals surface area contributed by atoms with Crippen LogP contribution in [0.25, 0.3) is 11.1 Å². The van der Waals surface area contributed by atoms with E-state index in [2.05, 4.69) is 10.6 Å². The van der Waals surface area contributed by atoms with Crippen molar-refractivity contribution >= 4 is 23.9 Å². The lowest BCUT2D eigenvalue weighted by atomic mass is 9.98. The zero-order valence-corrected chi connectivity index (χ0v) is 28.7. The van der Waals surface area contributed by atoms with Crippen molar-refractivity contribution in [2.24, 2.45) is 5.92 Å². The van der Waals surface area contributed by atoms with Crippen molar-refractivity contribution in [3.8, 4) is 11.1 Å². The number of ether oxygens (including phenoxy) is 2. The fourth-order valence-corrected chi connectivity index (χ4v) is 6.01. The third kappa shape index (κ3) is 8.41. The van der Waals surface area contributed by atoms with Crippen LogP contribution >= 0.6 is 0 Å². The third-order valence-electron chi connectivity index (χ3n) is 8.42. The van der Waals surface area contributed by atoms with E-state index in [1.807, 2.05) is 48.5 Å². The number of amides is 3. The van der Waals surface area contributed by atoms with Crippen LogP contribution in [0.3, 0.4) is 0 Å². The molecule has 0 bridgehead atoms. The van der Waals surface area contributed by atoms with E-state index in [1.165, 1.54) is 18.7 Å². The molecule has 10 heteroatoms. The van der Waals surface area contributed by atoms with Crippen molar-refractivity contribution in [1.29, 1.82) is 0 Å². The lowest BCUT2D eigenvalue weighted by Crippen LogP contribution is -2.58. The van der Waals surface area contributed by atoms with E-state index in [9.17, 15) is 24.3 Å². The molecule has 256 valence electrons. The summed E-state index contributed by atoms with van der Waals surface area (Å²) < 4.78 is 11.2. The van der Waals surface area contributed by atoms with Gasteiger partial charge >= 0.3 is 12.1 Å². The number of fused-ring (bicyclic) bond motifs is 3. The van der Waals surface area contributed by atoms with Gasteiger partial charge in [-0.3, -0.25) is 9.59 Å². The molecule has 0 spiro atoms. The number of hydrogen-bond donors (Lipinski definition) is 3. The molecule has 1 aliphatic carbocycles. The highest BCUT2D eigenvalue weighted by molar-refractivity contribution is 5.93. The third-order valence-corrected chi connectivity index (χ3v) is 8.42. The molecule has 0 heterocycles. The SMILES string of the molecule is CC(NC(=O)OCC1c2ccccc2-c2ccccc21)C(=O)N([C@H](CO)c1ccccc1)[C@@H](C)C(=O)N[C@H](C(=O)OC(C)(C)C)C(C)C.